The van der Waals surface area contributed by atoms with Gasteiger partial charge in [0.15, 0.2) is 0 Å². The number of carbonyl (C=O) groups is 1. The van der Waals surface area contributed by atoms with Crippen molar-refractivity contribution in [3.05, 3.63) is 27.5 Å². The Morgan fingerprint density at radius 3 is 2.74 bits per heavy atom. The van der Waals surface area contributed by atoms with Gasteiger partial charge in [-0.1, -0.05) is 23.2 Å². The minimum atomic E-state index is -0.718. The monoisotopic (exact) mass is 359 g/mol. The van der Waals surface area contributed by atoms with Crippen molar-refractivity contribution in [3.8, 4) is 0 Å². The van der Waals surface area contributed by atoms with E-state index in [2.05, 4.69) is 5.32 Å². The number of benzene rings is 1. The average molecular weight is 360 g/mol. The molecule has 4 nitrogen and oxygen atoms in total. The zero-order chi connectivity index (χ0) is 16.6. The number of amides is 1. The number of hydrogen-bond donors (Lipinski definition) is 2. The van der Waals surface area contributed by atoms with Crippen LogP contribution < -0.4 is 11.1 Å². The van der Waals surface area contributed by atoms with Crippen molar-refractivity contribution in [2.45, 2.75) is 44.2 Å². The molecule has 2 fully saturated rings. The van der Waals surface area contributed by atoms with Crippen LogP contribution >= 0.6 is 23.2 Å². The quantitative estimate of drug-likeness (QED) is 0.627. The molecule has 0 aromatic heterocycles. The lowest BCUT2D eigenvalue weighted by Crippen LogP contribution is -2.52. The van der Waals surface area contributed by atoms with Crippen molar-refractivity contribution in [2.75, 3.05) is 18.8 Å². The number of nitrogens with one attached hydrogen (secondary N) is 1. The van der Waals surface area contributed by atoms with Gasteiger partial charge in [0, 0.05) is 18.6 Å². The van der Waals surface area contributed by atoms with Crippen LogP contribution in [-0.4, -0.2) is 36.0 Å². The standard InChI is InChI=1S/C16H20Cl2FN3O/c17-13-9(8-10(19)14(18)15(13)20)16(23)22-7-2-1-5-12(22)11-4-3-6-21-11/h8,11-12,21H,1-7,20H2. The Kier molecular flexibility index (Phi) is 4.99. The van der Waals surface area contributed by atoms with Gasteiger partial charge in [-0.25, -0.2) is 4.39 Å². The zero-order valence-electron chi connectivity index (χ0n) is 12.7. The molecule has 2 saturated heterocycles. The molecule has 126 valence electrons. The van der Waals surface area contributed by atoms with E-state index in [1.54, 1.807) is 0 Å². The van der Waals surface area contributed by atoms with Crippen LogP contribution in [0.25, 0.3) is 0 Å². The lowest BCUT2D eigenvalue weighted by Gasteiger charge is -2.39. The molecule has 23 heavy (non-hydrogen) atoms. The van der Waals surface area contributed by atoms with Gasteiger partial charge in [0.2, 0.25) is 0 Å². The second-order valence-corrected chi connectivity index (χ2v) is 6.97. The molecule has 3 rings (SSSR count). The SMILES string of the molecule is Nc1c(Cl)c(F)cc(C(=O)N2CCCCC2C2CCCN2)c1Cl. The Balaban J connectivity index is 1.91. The first-order valence-corrected chi connectivity index (χ1v) is 8.73. The van der Waals surface area contributed by atoms with Gasteiger partial charge in [0.1, 0.15) is 10.8 Å². The summed E-state index contributed by atoms with van der Waals surface area (Å²) in [5.41, 5.74) is 5.73. The lowest BCUT2D eigenvalue weighted by atomic mass is 9.93. The molecule has 0 aliphatic carbocycles. The number of hydrogen-bond acceptors (Lipinski definition) is 3. The Morgan fingerprint density at radius 1 is 1.26 bits per heavy atom. The molecule has 0 radical (unpaired) electrons. The van der Waals surface area contributed by atoms with Crippen LogP contribution in [0.2, 0.25) is 10.0 Å². The summed E-state index contributed by atoms with van der Waals surface area (Å²) in [7, 11) is 0. The van der Waals surface area contributed by atoms with Gasteiger partial charge in [0.05, 0.1) is 16.3 Å². The number of nitrogens with zero attached hydrogens (tertiary/aromatic N) is 1. The molecule has 3 N–H and O–H groups in total. The third-order valence-corrected chi connectivity index (χ3v) is 5.58. The fourth-order valence-corrected chi connectivity index (χ4v) is 4.03. The maximum Gasteiger partial charge on any atom is 0.255 e. The minimum absolute atomic E-state index is 0.0325. The molecule has 0 saturated carbocycles. The van der Waals surface area contributed by atoms with Crippen molar-refractivity contribution in [2.24, 2.45) is 0 Å². The van der Waals surface area contributed by atoms with Gasteiger partial charge in [-0.15, -0.1) is 0 Å². The molecule has 0 bridgehead atoms. The number of rotatable bonds is 2. The highest BCUT2D eigenvalue weighted by molar-refractivity contribution is 6.40. The van der Waals surface area contributed by atoms with Crippen molar-refractivity contribution >= 4 is 34.8 Å². The highest BCUT2D eigenvalue weighted by Crippen LogP contribution is 2.35. The predicted molar refractivity (Wildman–Crippen MR) is 90.5 cm³/mol. The van der Waals surface area contributed by atoms with Crippen molar-refractivity contribution in [1.82, 2.24) is 10.2 Å². The first kappa shape index (κ1) is 16.8. The van der Waals surface area contributed by atoms with Crippen LogP contribution in [0.3, 0.4) is 0 Å². The number of carbonyl (C=O) groups excluding carboxylic acids is 1. The maximum atomic E-state index is 13.9. The molecule has 1 amide bonds. The van der Waals surface area contributed by atoms with Crippen LogP contribution in [0.4, 0.5) is 10.1 Å². The fraction of sp³-hybridized carbons (Fsp3) is 0.562. The Labute approximate surface area is 145 Å². The first-order chi connectivity index (χ1) is 11.0. The minimum Gasteiger partial charge on any atom is -0.396 e. The van der Waals surface area contributed by atoms with Crippen LogP contribution in [-0.2, 0) is 0 Å². The third kappa shape index (κ3) is 3.14. The van der Waals surface area contributed by atoms with Crippen molar-refractivity contribution < 1.29 is 9.18 Å². The highest BCUT2D eigenvalue weighted by Gasteiger charge is 2.35. The fourth-order valence-electron chi connectivity index (χ4n) is 3.60. The molecule has 2 atom stereocenters. The molecule has 0 spiro atoms. The average Bonchev–Trinajstić information content (AvgIpc) is 3.10. The van der Waals surface area contributed by atoms with E-state index in [0.717, 1.165) is 44.7 Å². The predicted octanol–water partition coefficient (Wildman–Crippen LogP) is 3.46. The van der Waals surface area contributed by atoms with Gasteiger partial charge in [-0.2, -0.15) is 0 Å². The van der Waals surface area contributed by atoms with Gasteiger partial charge in [-0.05, 0) is 44.7 Å². The second-order valence-electron chi connectivity index (χ2n) is 6.21. The van der Waals surface area contributed by atoms with E-state index in [-0.39, 0.29) is 33.2 Å². The Morgan fingerprint density at radius 2 is 2.04 bits per heavy atom. The summed E-state index contributed by atoms with van der Waals surface area (Å²) in [6, 6.07) is 1.51. The largest absolute Gasteiger partial charge is 0.396 e. The third-order valence-electron chi connectivity index (χ3n) is 4.79. The van der Waals surface area contributed by atoms with E-state index >= 15 is 0 Å². The number of piperidine rings is 1. The highest BCUT2D eigenvalue weighted by atomic mass is 35.5. The maximum absolute atomic E-state index is 13.9. The molecule has 2 aliphatic heterocycles. The summed E-state index contributed by atoms with van der Waals surface area (Å²) < 4.78 is 13.9. The van der Waals surface area contributed by atoms with Gasteiger partial charge in [0.25, 0.3) is 5.91 Å². The summed E-state index contributed by atoms with van der Waals surface area (Å²) >= 11 is 11.9. The smallest absolute Gasteiger partial charge is 0.255 e. The summed E-state index contributed by atoms with van der Waals surface area (Å²) in [5, 5.41) is 3.26. The number of halogens is 3. The molecule has 2 unspecified atom stereocenters. The zero-order valence-corrected chi connectivity index (χ0v) is 14.3. The summed E-state index contributed by atoms with van der Waals surface area (Å²) in [5.74, 6) is -0.986. The van der Waals surface area contributed by atoms with Crippen molar-refractivity contribution in [3.63, 3.8) is 0 Å². The summed E-state index contributed by atoms with van der Waals surface area (Å²) in [6.45, 7) is 1.63. The lowest BCUT2D eigenvalue weighted by molar-refractivity contribution is 0.0563. The van der Waals surface area contributed by atoms with Crippen LogP contribution in [0.15, 0.2) is 6.07 Å². The van der Waals surface area contributed by atoms with Crippen LogP contribution in [0.1, 0.15) is 42.5 Å². The number of anilines is 1. The first-order valence-electron chi connectivity index (χ1n) is 7.98. The molecular weight excluding hydrogens is 340 g/mol. The van der Waals surface area contributed by atoms with Gasteiger partial charge < -0.3 is 16.0 Å². The molecule has 2 heterocycles. The topological polar surface area (TPSA) is 58.4 Å². The van der Waals surface area contributed by atoms with E-state index in [1.807, 2.05) is 4.90 Å². The van der Waals surface area contributed by atoms with E-state index in [1.165, 1.54) is 0 Å². The van der Waals surface area contributed by atoms with E-state index in [4.69, 9.17) is 28.9 Å². The summed E-state index contributed by atoms with van der Waals surface area (Å²) in [6.07, 6.45) is 5.16. The van der Waals surface area contributed by atoms with Gasteiger partial charge >= 0.3 is 0 Å². The number of likely N-dealkylation sites (tertiary alicyclic amines) is 1. The second kappa shape index (κ2) is 6.83. The van der Waals surface area contributed by atoms with E-state index in [9.17, 15) is 9.18 Å². The molecular formula is C16H20Cl2FN3O. The Bertz CT molecular complexity index is 620. The van der Waals surface area contributed by atoms with Crippen LogP contribution in [0.5, 0.6) is 0 Å². The Hall–Kier alpha value is -1.04. The molecule has 2 aliphatic rings. The summed E-state index contributed by atoms with van der Waals surface area (Å²) in [4.78, 5) is 14.8. The number of nitrogen functional groups attached to an aromatic ring is 1. The van der Waals surface area contributed by atoms with Gasteiger partial charge in [-0.3, -0.25) is 4.79 Å². The normalized spacial score (nSPS) is 24.9. The van der Waals surface area contributed by atoms with Crippen molar-refractivity contribution in [1.29, 1.82) is 0 Å². The number of nitrogens with two attached hydrogens (primary N) is 1. The van der Waals surface area contributed by atoms with Crippen LogP contribution in [0, 0.1) is 5.82 Å². The van der Waals surface area contributed by atoms with E-state index in [0.29, 0.717) is 12.6 Å². The molecule has 7 heteroatoms. The molecule has 1 aromatic rings. The molecule has 1 aromatic carbocycles. The van der Waals surface area contributed by atoms with E-state index < -0.39 is 5.82 Å².